The molecule has 0 aromatic heterocycles. The average Bonchev–Trinajstić information content (AvgIpc) is 2.99. The molecule has 4 rings (SSSR count). The van der Waals surface area contributed by atoms with Gasteiger partial charge in [-0.3, -0.25) is 13.9 Å². The van der Waals surface area contributed by atoms with Gasteiger partial charge >= 0.3 is 0 Å². The number of amides is 2. The zero-order valence-corrected chi connectivity index (χ0v) is 24.8. The van der Waals surface area contributed by atoms with Crippen LogP contribution in [0.3, 0.4) is 0 Å². The smallest absolute Gasteiger partial charge is 0.264 e. The van der Waals surface area contributed by atoms with Gasteiger partial charge in [-0.05, 0) is 66.6 Å². The molecule has 10 heteroatoms. The lowest BCUT2D eigenvalue weighted by Gasteiger charge is -2.33. The largest absolute Gasteiger partial charge is 0.357 e. The lowest BCUT2D eigenvalue weighted by atomic mass is 10.0. The molecule has 0 heterocycles. The van der Waals surface area contributed by atoms with Crippen LogP contribution in [0.15, 0.2) is 108 Å². The molecule has 42 heavy (non-hydrogen) atoms. The predicted molar refractivity (Wildman–Crippen MR) is 162 cm³/mol. The Kier molecular flexibility index (Phi) is 9.98. The Hall–Kier alpha value is -4.21. The number of aryl methyl sites for hydroxylation is 1. The number of nitrogens with one attached hydrogen (secondary N) is 1. The molecule has 0 aliphatic heterocycles. The highest BCUT2D eigenvalue weighted by atomic mass is 35.5. The van der Waals surface area contributed by atoms with Gasteiger partial charge in [-0.25, -0.2) is 12.8 Å². The number of likely N-dealkylation sites (N-methyl/N-ethyl adjacent to an activating group) is 1. The molecule has 0 spiro atoms. The van der Waals surface area contributed by atoms with Crippen LogP contribution in [0.4, 0.5) is 10.1 Å². The molecule has 1 N–H and O–H groups in total. The number of sulfonamides is 1. The molecule has 0 unspecified atom stereocenters. The van der Waals surface area contributed by atoms with E-state index in [4.69, 9.17) is 11.6 Å². The summed E-state index contributed by atoms with van der Waals surface area (Å²) in [4.78, 5) is 28.8. The number of anilines is 1. The Balaban J connectivity index is 1.77. The number of nitrogens with zero attached hydrogens (tertiary/aromatic N) is 2. The lowest BCUT2D eigenvalue weighted by molar-refractivity contribution is -0.139. The van der Waals surface area contributed by atoms with Crippen molar-refractivity contribution in [1.82, 2.24) is 10.2 Å². The van der Waals surface area contributed by atoms with Gasteiger partial charge < -0.3 is 10.2 Å². The highest BCUT2D eigenvalue weighted by Crippen LogP contribution is 2.26. The molecule has 4 aromatic carbocycles. The summed E-state index contributed by atoms with van der Waals surface area (Å²) in [6, 6.07) is 26.2. The minimum absolute atomic E-state index is 0.0166. The van der Waals surface area contributed by atoms with Crippen LogP contribution < -0.4 is 9.62 Å². The zero-order valence-electron chi connectivity index (χ0n) is 23.2. The van der Waals surface area contributed by atoms with E-state index in [9.17, 15) is 22.4 Å². The number of benzene rings is 4. The van der Waals surface area contributed by atoms with Gasteiger partial charge in [0, 0.05) is 25.0 Å². The number of hydrogen-bond donors (Lipinski definition) is 1. The third-order valence-corrected chi connectivity index (χ3v) is 8.83. The first-order valence-electron chi connectivity index (χ1n) is 13.2. The molecule has 0 aliphatic carbocycles. The maximum atomic E-state index is 14.2. The van der Waals surface area contributed by atoms with Crippen molar-refractivity contribution in [2.45, 2.75) is 30.8 Å². The summed E-state index contributed by atoms with van der Waals surface area (Å²) in [7, 11) is -2.77. The number of rotatable bonds is 11. The Morgan fingerprint density at radius 2 is 1.48 bits per heavy atom. The van der Waals surface area contributed by atoms with E-state index < -0.39 is 40.2 Å². The maximum Gasteiger partial charge on any atom is 0.264 e. The molecular formula is C32H31ClFN3O4S. The molecule has 0 fully saturated rings. The summed E-state index contributed by atoms with van der Waals surface area (Å²) in [5.41, 5.74) is 2.49. The van der Waals surface area contributed by atoms with E-state index in [2.05, 4.69) is 5.32 Å². The fourth-order valence-electron chi connectivity index (χ4n) is 4.48. The van der Waals surface area contributed by atoms with Crippen molar-refractivity contribution in [3.05, 3.63) is 131 Å². The topological polar surface area (TPSA) is 86.8 Å². The van der Waals surface area contributed by atoms with Crippen LogP contribution in [0.25, 0.3) is 0 Å². The highest BCUT2D eigenvalue weighted by Gasteiger charge is 2.34. The number of carbonyl (C=O) groups excluding carboxylic acids is 2. The van der Waals surface area contributed by atoms with Gasteiger partial charge in [0.2, 0.25) is 11.8 Å². The van der Waals surface area contributed by atoms with Crippen molar-refractivity contribution in [1.29, 1.82) is 0 Å². The molecule has 0 aliphatic rings. The third-order valence-electron chi connectivity index (χ3n) is 6.79. The summed E-state index contributed by atoms with van der Waals surface area (Å²) in [5, 5.41) is 3.15. The Labute approximate surface area is 250 Å². The van der Waals surface area contributed by atoms with E-state index in [0.717, 1.165) is 27.6 Å². The van der Waals surface area contributed by atoms with Crippen LogP contribution in [0.5, 0.6) is 0 Å². The standard InChI is InChI=1S/C32H31ClFN3O4S/c1-23-8-18-29(19-9-23)42(40,41)37(28-16-14-27(34)15-17-28)22-31(38)36(21-25-10-12-26(33)13-11-25)30(32(39)35-2)20-24-6-4-3-5-7-24/h3-19,30H,20-22H2,1-2H3,(H,35,39)/t30-/m0/s1. The Morgan fingerprint density at radius 3 is 2.07 bits per heavy atom. The molecule has 0 radical (unpaired) electrons. The van der Waals surface area contributed by atoms with E-state index in [-0.39, 0.29) is 23.5 Å². The van der Waals surface area contributed by atoms with Crippen molar-refractivity contribution in [2.75, 3.05) is 17.9 Å². The summed E-state index contributed by atoms with van der Waals surface area (Å²) in [6.07, 6.45) is 0.196. The van der Waals surface area contributed by atoms with E-state index in [1.54, 1.807) is 36.4 Å². The minimum Gasteiger partial charge on any atom is -0.357 e. The van der Waals surface area contributed by atoms with E-state index in [0.29, 0.717) is 10.6 Å². The Bertz CT molecular complexity index is 1620. The second kappa shape index (κ2) is 13.6. The first-order valence-corrected chi connectivity index (χ1v) is 15.0. The molecule has 2 amide bonds. The average molecular weight is 608 g/mol. The van der Waals surface area contributed by atoms with Crippen LogP contribution in [-0.4, -0.2) is 44.8 Å². The first kappa shape index (κ1) is 30.7. The van der Waals surface area contributed by atoms with E-state index in [1.807, 2.05) is 37.3 Å². The third kappa shape index (κ3) is 7.54. The quantitative estimate of drug-likeness (QED) is 0.248. The van der Waals surface area contributed by atoms with Gasteiger partial charge in [0.25, 0.3) is 10.0 Å². The summed E-state index contributed by atoms with van der Waals surface area (Å²) in [5.74, 6) is -1.57. The predicted octanol–water partition coefficient (Wildman–Crippen LogP) is 5.37. The molecule has 4 aromatic rings. The fraction of sp³-hybridized carbons (Fsp3) is 0.188. The van der Waals surface area contributed by atoms with Crippen LogP contribution >= 0.6 is 11.6 Å². The van der Waals surface area contributed by atoms with Crippen molar-refractivity contribution < 1.29 is 22.4 Å². The van der Waals surface area contributed by atoms with Crippen LogP contribution in [0, 0.1) is 12.7 Å². The van der Waals surface area contributed by atoms with Gasteiger partial charge in [0.1, 0.15) is 18.4 Å². The van der Waals surface area contributed by atoms with Gasteiger partial charge in [0.05, 0.1) is 10.6 Å². The normalized spacial score (nSPS) is 11.9. The minimum atomic E-state index is -4.26. The molecular weight excluding hydrogens is 577 g/mol. The monoisotopic (exact) mass is 607 g/mol. The maximum absolute atomic E-state index is 14.2. The van der Waals surface area contributed by atoms with Crippen molar-refractivity contribution in [3.8, 4) is 0 Å². The number of halogens is 2. The molecule has 0 saturated heterocycles. The van der Waals surface area contributed by atoms with Crippen molar-refractivity contribution >= 4 is 39.1 Å². The molecule has 1 atom stereocenters. The fourth-order valence-corrected chi connectivity index (χ4v) is 6.02. The van der Waals surface area contributed by atoms with Gasteiger partial charge in [-0.2, -0.15) is 0 Å². The highest BCUT2D eigenvalue weighted by molar-refractivity contribution is 7.92. The SMILES string of the molecule is CNC(=O)[C@H](Cc1ccccc1)N(Cc1ccc(Cl)cc1)C(=O)CN(c1ccc(F)cc1)S(=O)(=O)c1ccc(C)cc1. The second-order valence-electron chi connectivity index (χ2n) is 9.77. The second-order valence-corrected chi connectivity index (χ2v) is 12.1. The summed E-state index contributed by atoms with van der Waals surface area (Å²) in [6.45, 7) is 1.22. The molecule has 7 nitrogen and oxygen atoms in total. The molecule has 0 bridgehead atoms. The number of hydrogen-bond acceptors (Lipinski definition) is 4. The lowest BCUT2D eigenvalue weighted by Crippen LogP contribution is -2.53. The Morgan fingerprint density at radius 1 is 0.857 bits per heavy atom. The molecule has 218 valence electrons. The van der Waals surface area contributed by atoms with Crippen molar-refractivity contribution in [2.24, 2.45) is 0 Å². The van der Waals surface area contributed by atoms with Gasteiger partial charge in [-0.1, -0.05) is 71.8 Å². The van der Waals surface area contributed by atoms with Crippen LogP contribution in [0.2, 0.25) is 5.02 Å². The van der Waals surface area contributed by atoms with Gasteiger partial charge in [-0.15, -0.1) is 0 Å². The van der Waals surface area contributed by atoms with Crippen LogP contribution in [0.1, 0.15) is 16.7 Å². The van der Waals surface area contributed by atoms with E-state index in [1.165, 1.54) is 36.2 Å². The van der Waals surface area contributed by atoms with Crippen molar-refractivity contribution in [3.63, 3.8) is 0 Å². The number of carbonyl (C=O) groups is 2. The summed E-state index contributed by atoms with van der Waals surface area (Å²) < 4.78 is 42.6. The van der Waals surface area contributed by atoms with Crippen LogP contribution in [-0.2, 0) is 32.6 Å². The van der Waals surface area contributed by atoms with Gasteiger partial charge in [0.15, 0.2) is 0 Å². The summed E-state index contributed by atoms with van der Waals surface area (Å²) >= 11 is 6.07. The molecule has 0 saturated carbocycles. The van der Waals surface area contributed by atoms with E-state index >= 15 is 0 Å². The first-order chi connectivity index (χ1) is 20.1. The zero-order chi connectivity index (χ0) is 30.3.